The minimum absolute atomic E-state index is 0.0752. The van der Waals surface area contributed by atoms with Crippen molar-refractivity contribution in [2.24, 2.45) is 5.16 Å². The van der Waals surface area contributed by atoms with E-state index in [1.807, 2.05) is 24.3 Å². The number of oxime groups is 1. The molecule has 0 radical (unpaired) electrons. The van der Waals surface area contributed by atoms with E-state index in [2.05, 4.69) is 31.2 Å². The monoisotopic (exact) mass is 378 g/mol. The minimum atomic E-state index is -0.281. The number of benzene rings is 2. The number of carbonyl (C=O) groups is 1. The second-order valence-electron chi connectivity index (χ2n) is 6.52. The van der Waals surface area contributed by atoms with E-state index in [0.717, 1.165) is 11.3 Å². The van der Waals surface area contributed by atoms with Crippen molar-refractivity contribution in [3.05, 3.63) is 63.6 Å². The molecule has 4 nitrogen and oxygen atoms in total. The van der Waals surface area contributed by atoms with E-state index >= 15 is 0 Å². The van der Waals surface area contributed by atoms with E-state index in [-0.39, 0.29) is 17.9 Å². The van der Waals surface area contributed by atoms with Crippen LogP contribution >= 0.6 is 23.2 Å². The number of halogens is 2. The molecule has 0 atom stereocenters. The standard InChI is InChI=1S/C19H20Cl2N2O2/c1-19(2,3)15-6-4-5-7-17(15)23-18(24)12-25-22-11-13-8-9-14(20)10-16(13)21/h4-11H,12H2,1-3H3,(H,23,24)/b22-11-. The van der Waals surface area contributed by atoms with Gasteiger partial charge in [-0.15, -0.1) is 0 Å². The number of amides is 1. The molecule has 0 aliphatic rings. The third-order valence-corrected chi connectivity index (χ3v) is 4.00. The minimum Gasteiger partial charge on any atom is -0.386 e. The fourth-order valence-corrected chi connectivity index (χ4v) is 2.69. The number of hydrogen-bond acceptors (Lipinski definition) is 3. The molecule has 0 unspecified atom stereocenters. The molecule has 0 fully saturated rings. The first-order chi connectivity index (χ1) is 11.8. The van der Waals surface area contributed by atoms with Crippen molar-refractivity contribution in [1.29, 1.82) is 0 Å². The molecule has 132 valence electrons. The molecule has 0 bridgehead atoms. The molecule has 25 heavy (non-hydrogen) atoms. The second-order valence-corrected chi connectivity index (χ2v) is 7.36. The van der Waals surface area contributed by atoms with Crippen LogP contribution < -0.4 is 5.32 Å². The number of nitrogens with zero attached hydrogens (tertiary/aromatic N) is 1. The predicted molar refractivity (Wildman–Crippen MR) is 104 cm³/mol. The topological polar surface area (TPSA) is 50.7 Å². The average Bonchev–Trinajstić information content (AvgIpc) is 2.52. The van der Waals surface area contributed by atoms with E-state index in [4.69, 9.17) is 28.0 Å². The number of carbonyl (C=O) groups excluding carboxylic acids is 1. The van der Waals surface area contributed by atoms with E-state index in [1.54, 1.807) is 18.2 Å². The first-order valence-electron chi connectivity index (χ1n) is 7.77. The van der Waals surface area contributed by atoms with Gasteiger partial charge < -0.3 is 10.2 Å². The van der Waals surface area contributed by atoms with Crippen LogP contribution in [0.3, 0.4) is 0 Å². The van der Waals surface area contributed by atoms with Crippen molar-refractivity contribution in [3.8, 4) is 0 Å². The summed E-state index contributed by atoms with van der Waals surface area (Å²) < 4.78 is 0. The molecule has 0 aliphatic heterocycles. The van der Waals surface area contributed by atoms with Crippen LogP contribution in [0.2, 0.25) is 10.0 Å². The number of para-hydroxylation sites is 1. The Morgan fingerprint density at radius 3 is 2.60 bits per heavy atom. The maximum Gasteiger partial charge on any atom is 0.265 e. The summed E-state index contributed by atoms with van der Waals surface area (Å²) in [5.74, 6) is -0.281. The fourth-order valence-electron chi connectivity index (χ4n) is 2.23. The normalized spacial score (nSPS) is 11.6. The lowest BCUT2D eigenvalue weighted by Crippen LogP contribution is -2.21. The lowest BCUT2D eigenvalue weighted by atomic mass is 9.86. The van der Waals surface area contributed by atoms with Crippen molar-refractivity contribution < 1.29 is 9.63 Å². The van der Waals surface area contributed by atoms with E-state index in [9.17, 15) is 4.79 Å². The van der Waals surface area contributed by atoms with Gasteiger partial charge in [0, 0.05) is 16.3 Å². The molecule has 2 aromatic rings. The van der Waals surface area contributed by atoms with E-state index < -0.39 is 0 Å². The Morgan fingerprint density at radius 2 is 1.92 bits per heavy atom. The molecule has 0 spiro atoms. The van der Waals surface area contributed by atoms with Gasteiger partial charge in [-0.3, -0.25) is 4.79 Å². The zero-order valence-corrected chi connectivity index (χ0v) is 15.9. The molecule has 2 rings (SSSR count). The van der Waals surface area contributed by atoms with Gasteiger partial charge in [0.2, 0.25) is 0 Å². The quantitative estimate of drug-likeness (QED) is 0.568. The highest BCUT2D eigenvalue weighted by Crippen LogP contribution is 2.29. The van der Waals surface area contributed by atoms with Gasteiger partial charge in [0.25, 0.3) is 5.91 Å². The van der Waals surface area contributed by atoms with Gasteiger partial charge in [-0.2, -0.15) is 0 Å². The van der Waals surface area contributed by atoms with Crippen molar-refractivity contribution >= 4 is 41.0 Å². The highest BCUT2D eigenvalue weighted by molar-refractivity contribution is 6.36. The molecule has 1 N–H and O–H groups in total. The van der Waals surface area contributed by atoms with Crippen molar-refractivity contribution in [2.75, 3.05) is 11.9 Å². The van der Waals surface area contributed by atoms with Gasteiger partial charge in [0.15, 0.2) is 6.61 Å². The van der Waals surface area contributed by atoms with E-state index in [0.29, 0.717) is 15.6 Å². The first kappa shape index (κ1) is 19.3. The summed E-state index contributed by atoms with van der Waals surface area (Å²) in [5, 5.41) is 7.63. The third kappa shape index (κ3) is 5.76. The zero-order chi connectivity index (χ0) is 18.4. The van der Waals surface area contributed by atoms with Crippen LogP contribution in [0.5, 0.6) is 0 Å². The Balaban J connectivity index is 1.93. The molecule has 0 saturated carbocycles. The Morgan fingerprint density at radius 1 is 1.20 bits per heavy atom. The number of nitrogens with one attached hydrogen (secondary N) is 1. The maximum atomic E-state index is 12.1. The van der Waals surface area contributed by atoms with Crippen molar-refractivity contribution in [1.82, 2.24) is 0 Å². The smallest absolute Gasteiger partial charge is 0.265 e. The zero-order valence-electron chi connectivity index (χ0n) is 14.3. The van der Waals surface area contributed by atoms with Crippen LogP contribution in [0.1, 0.15) is 31.9 Å². The van der Waals surface area contributed by atoms with E-state index in [1.165, 1.54) is 6.21 Å². The maximum absolute atomic E-state index is 12.1. The second kappa shape index (κ2) is 8.37. The molecular formula is C19H20Cl2N2O2. The number of hydrogen-bond donors (Lipinski definition) is 1. The Labute approximate surface area is 157 Å². The number of rotatable bonds is 5. The molecule has 6 heteroatoms. The van der Waals surface area contributed by atoms with Crippen molar-refractivity contribution in [3.63, 3.8) is 0 Å². The first-order valence-corrected chi connectivity index (χ1v) is 8.53. The summed E-state index contributed by atoms with van der Waals surface area (Å²) in [6.07, 6.45) is 1.44. The van der Waals surface area contributed by atoms with Crippen LogP contribution in [0.15, 0.2) is 47.6 Å². The SMILES string of the molecule is CC(C)(C)c1ccccc1NC(=O)CO/N=C\c1ccc(Cl)cc1Cl. The summed E-state index contributed by atoms with van der Waals surface area (Å²) in [5.41, 5.74) is 2.41. The summed E-state index contributed by atoms with van der Waals surface area (Å²) in [6.45, 7) is 6.08. The molecule has 2 aromatic carbocycles. The highest BCUT2D eigenvalue weighted by Gasteiger charge is 2.18. The summed E-state index contributed by atoms with van der Waals surface area (Å²) >= 11 is 11.9. The van der Waals surface area contributed by atoms with Crippen LogP contribution in [0.4, 0.5) is 5.69 Å². The van der Waals surface area contributed by atoms with Gasteiger partial charge in [0.1, 0.15) is 0 Å². The Kier molecular flexibility index (Phi) is 6.45. The Bertz CT molecular complexity index is 783. The van der Waals surface area contributed by atoms with Crippen LogP contribution in [0, 0.1) is 0 Å². The highest BCUT2D eigenvalue weighted by atomic mass is 35.5. The average molecular weight is 379 g/mol. The van der Waals surface area contributed by atoms with Crippen molar-refractivity contribution in [2.45, 2.75) is 26.2 Å². The van der Waals surface area contributed by atoms with Crippen LogP contribution in [0.25, 0.3) is 0 Å². The van der Waals surface area contributed by atoms with Gasteiger partial charge in [-0.1, -0.05) is 73.4 Å². The molecule has 0 aromatic heterocycles. The van der Waals surface area contributed by atoms with Gasteiger partial charge in [0.05, 0.1) is 11.2 Å². The summed E-state index contributed by atoms with van der Waals surface area (Å²) in [6, 6.07) is 12.7. The largest absolute Gasteiger partial charge is 0.386 e. The van der Waals surface area contributed by atoms with Gasteiger partial charge >= 0.3 is 0 Å². The Hall–Kier alpha value is -2.04. The fraction of sp³-hybridized carbons (Fsp3) is 0.263. The summed E-state index contributed by atoms with van der Waals surface area (Å²) in [4.78, 5) is 17.1. The molecule has 0 heterocycles. The lowest BCUT2D eigenvalue weighted by Gasteiger charge is -2.22. The van der Waals surface area contributed by atoms with Gasteiger partial charge in [-0.05, 0) is 29.2 Å². The predicted octanol–water partition coefficient (Wildman–Crippen LogP) is 5.28. The third-order valence-electron chi connectivity index (χ3n) is 3.43. The van der Waals surface area contributed by atoms with Crippen LogP contribution in [-0.4, -0.2) is 18.7 Å². The molecule has 0 saturated heterocycles. The van der Waals surface area contributed by atoms with Gasteiger partial charge in [-0.25, -0.2) is 0 Å². The van der Waals surface area contributed by atoms with Crippen LogP contribution in [-0.2, 0) is 15.0 Å². The molecular weight excluding hydrogens is 359 g/mol. The lowest BCUT2D eigenvalue weighted by molar-refractivity contribution is -0.120. The summed E-state index contributed by atoms with van der Waals surface area (Å²) in [7, 11) is 0. The molecule has 0 aliphatic carbocycles. The number of anilines is 1. The molecule has 1 amide bonds.